The standard InChI is InChI=1S/C6H4BrNO2.C3H7NO2/c7-5-4(6(9)10)2-1-3-8-5;1-6-3(5)2-4/h1-3H,(H,9,10);2,4H2,1H3. The van der Waals surface area contributed by atoms with Crippen LogP contribution in [-0.2, 0) is 9.53 Å². The van der Waals surface area contributed by atoms with Crippen LogP contribution in [0.2, 0.25) is 0 Å². The van der Waals surface area contributed by atoms with Crippen molar-refractivity contribution < 1.29 is 19.4 Å². The van der Waals surface area contributed by atoms with Gasteiger partial charge in [0.25, 0.3) is 0 Å². The van der Waals surface area contributed by atoms with E-state index in [0.717, 1.165) is 0 Å². The molecule has 0 saturated carbocycles. The number of halogens is 1. The van der Waals surface area contributed by atoms with E-state index >= 15 is 0 Å². The van der Waals surface area contributed by atoms with Crippen LogP contribution in [0, 0.1) is 0 Å². The number of ether oxygens (including phenoxy) is 1. The van der Waals surface area contributed by atoms with Crippen LogP contribution in [0.15, 0.2) is 22.9 Å². The van der Waals surface area contributed by atoms with Gasteiger partial charge in [-0.2, -0.15) is 0 Å². The minimum Gasteiger partial charge on any atom is -0.478 e. The van der Waals surface area contributed by atoms with Gasteiger partial charge in [-0.25, -0.2) is 9.78 Å². The molecule has 0 aliphatic heterocycles. The average Bonchev–Trinajstić information content (AvgIpc) is 2.29. The summed E-state index contributed by atoms with van der Waals surface area (Å²) < 4.78 is 4.50. The van der Waals surface area contributed by atoms with Gasteiger partial charge in [0.05, 0.1) is 19.2 Å². The molecular weight excluding hydrogens is 280 g/mol. The SMILES string of the molecule is COC(=O)CN.O=C(O)c1cccnc1Br. The fraction of sp³-hybridized carbons (Fsp3) is 0.222. The normalized spacial score (nSPS) is 8.69. The zero-order valence-electron chi connectivity index (χ0n) is 8.51. The third kappa shape index (κ3) is 5.42. The number of rotatable bonds is 2. The van der Waals surface area contributed by atoms with Gasteiger partial charge in [0, 0.05) is 6.20 Å². The van der Waals surface area contributed by atoms with Crippen LogP contribution in [0.3, 0.4) is 0 Å². The molecule has 0 aliphatic rings. The molecule has 1 aromatic heterocycles. The van der Waals surface area contributed by atoms with Crippen LogP contribution in [0.1, 0.15) is 10.4 Å². The number of nitrogens with zero attached hydrogens (tertiary/aromatic N) is 1. The van der Waals surface area contributed by atoms with Gasteiger partial charge in [-0.05, 0) is 28.1 Å². The van der Waals surface area contributed by atoms with E-state index in [1.54, 1.807) is 6.07 Å². The summed E-state index contributed by atoms with van der Waals surface area (Å²) in [6.45, 7) is -0.0312. The Balaban J connectivity index is 0.000000325. The Labute approximate surface area is 101 Å². The molecular formula is C9H11BrN2O4. The lowest BCUT2D eigenvalue weighted by atomic mass is 10.3. The smallest absolute Gasteiger partial charge is 0.338 e. The molecule has 7 heteroatoms. The summed E-state index contributed by atoms with van der Waals surface area (Å²) in [5.41, 5.74) is 4.99. The number of nitrogens with two attached hydrogens (primary N) is 1. The molecule has 0 fully saturated rings. The maximum atomic E-state index is 10.4. The van der Waals surface area contributed by atoms with Crippen LogP contribution in [0.25, 0.3) is 0 Å². The number of carboxylic acids is 1. The highest BCUT2D eigenvalue weighted by atomic mass is 79.9. The fourth-order valence-electron chi connectivity index (χ4n) is 0.629. The number of hydrogen-bond donors (Lipinski definition) is 2. The lowest BCUT2D eigenvalue weighted by Crippen LogP contribution is -2.14. The van der Waals surface area contributed by atoms with Crippen molar-refractivity contribution in [1.82, 2.24) is 4.98 Å². The number of methoxy groups -OCH3 is 1. The third-order valence-electron chi connectivity index (χ3n) is 1.38. The summed E-state index contributed by atoms with van der Waals surface area (Å²) in [5, 5.41) is 8.50. The lowest BCUT2D eigenvalue weighted by molar-refractivity contribution is -0.138. The number of pyridine rings is 1. The van der Waals surface area contributed by atoms with Gasteiger partial charge >= 0.3 is 11.9 Å². The third-order valence-corrected chi connectivity index (χ3v) is 2.02. The summed E-state index contributed by atoms with van der Waals surface area (Å²) in [7, 11) is 1.30. The molecule has 1 heterocycles. The molecule has 0 unspecified atom stereocenters. The number of carboxylic acid groups (broad SMARTS) is 1. The van der Waals surface area contributed by atoms with Crippen LogP contribution >= 0.6 is 15.9 Å². The average molecular weight is 291 g/mol. The van der Waals surface area contributed by atoms with Crippen LogP contribution < -0.4 is 5.73 Å². The second kappa shape index (κ2) is 7.77. The molecule has 0 saturated heterocycles. The Morgan fingerprint density at radius 3 is 2.50 bits per heavy atom. The molecule has 0 aromatic carbocycles. The Morgan fingerprint density at radius 1 is 1.62 bits per heavy atom. The van der Waals surface area contributed by atoms with E-state index in [-0.39, 0.29) is 18.1 Å². The van der Waals surface area contributed by atoms with E-state index in [9.17, 15) is 9.59 Å². The molecule has 0 bridgehead atoms. The van der Waals surface area contributed by atoms with Crippen molar-refractivity contribution in [3.05, 3.63) is 28.5 Å². The predicted octanol–water partition coefficient (Wildman–Crippen LogP) is 0.660. The molecule has 0 aliphatic carbocycles. The number of aromatic carboxylic acids is 1. The number of carbonyl (C=O) groups excluding carboxylic acids is 1. The molecule has 3 N–H and O–H groups in total. The van der Waals surface area contributed by atoms with Crippen molar-refractivity contribution in [1.29, 1.82) is 0 Å². The molecule has 0 atom stereocenters. The van der Waals surface area contributed by atoms with Gasteiger partial charge in [0.2, 0.25) is 0 Å². The molecule has 88 valence electrons. The molecule has 1 aromatic rings. The van der Waals surface area contributed by atoms with E-state index in [0.29, 0.717) is 4.60 Å². The van der Waals surface area contributed by atoms with Gasteiger partial charge in [0.1, 0.15) is 4.60 Å². The van der Waals surface area contributed by atoms with E-state index < -0.39 is 5.97 Å². The first kappa shape index (κ1) is 14.5. The minimum absolute atomic E-state index is 0.0312. The Kier molecular flexibility index (Phi) is 7.06. The molecule has 16 heavy (non-hydrogen) atoms. The summed E-state index contributed by atoms with van der Waals surface area (Å²) in [5.74, 6) is -1.35. The van der Waals surface area contributed by atoms with Gasteiger partial charge in [-0.3, -0.25) is 4.79 Å². The molecule has 6 nitrogen and oxygen atoms in total. The minimum atomic E-state index is -0.972. The second-order valence-electron chi connectivity index (χ2n) is 2.43. The molecule has 0 spiro atoms. The number of hydrogen-bond acceptors (Lipinski definition) is 5. The largest absolute Gasteiger partial charge is 0.478 e. The monoisotopic (exact) mass is 290 g/mol. The zero-order chi connectivity index (χ0) is 12.6. The number of esters is 1. The summed E-state index contributed by atoms with van der Waals surface area (Å²) in [6.07, 6.45) is 1.52. The van der Waals surface area contributed by atoms with Gasteiger partial charge < -0.3 is 15.6 Å². The van der Waals surface area contributed by atoms with Crippen molar-refractivity contribution in [2.24, 2.45) is 5.73 Å². The highest BCUT2D eigenvalue weighted by Crippen LogP contribution is 2.11. The van der Waals surface area contributed by atoms with E-state index in [4.69, 9.17) is 10.8 Å². The van der Waals surface area contributed by atoms with Gasteiger partial charge in [-0.1, -0.05) is 0 Å². The zero-order valence-corrected chi connectivity index (χ0v) is 10.1. The predicted molar refractivity (Wildman–Crippen MR) is 60.0 cm³/mol. The van der Waals surface area contributed by atoms with E-state index in [1.807, 2.05) is 0 Å². The summed E-state index contributed by atoms with van der Waals surface area (Å²) >= 11 is 3.00. The highest BCUT2D eigenvalue weighted by Gasteiger charge is 2.05. The van der Waals surface area contributed by atoms with Crippen LogP contribution in [0.4, 0.5) is 0 Å². The maximum absolute atomic E-state index is 10.4. The van der Waals surface area contributed by atoms with Gasteiger partial charge in [0.15, 0.2) is 0 Å². The van der Waals surface area contributed by atoms with Crippen molar-refractivity contribution in [2.75, 3.05) is 13.7 Å². The summed E-state index contributed by atoms with van der Waals surface area (Å²) in [4.78, 5) is 23.9. The summed E-state index contributed by atoms with van der Waals surface area (Å²) in [6, 6.07) is 3.06. The quantitative estimate of drug-likeness (QED) is 0.613. The first-order chi connectivity index (χ1) is 7.52. The number of aromatic nitrogens is 1. The van der Waals surface area contributed by atoms with Crippen LogP contribution in [-0.4, -0.2) is 35.7 Å². The molecule has 0 amide bonds. The van der Waals surface area contributed by atoms with Crippen molar-refractivity contribution in [3.8, 4) is 0 Å². The highest BCUT2D eigenvalue weighted by molar-refractivity contribution is 9.10. The first-order valence-electron chi connectivity index (χ1n) is 4.13. The lowest BCUT2D eigenvalue weighted by Gasteiger charge is -1.93. The Morgan fingerprint density at radius 2 is 2.25 bits per heavy atom. The first-order valence-corrected chi connectivity index (χ1v) is 4.93. The van der Waals surface area contributed by atoms with E-state index in [1.165, 1.54) is 19.4 Å². The van der Waals surface area contributed by atoms with Crippen molar-refractivity contribution >= 4 is 27.9 Å². The topological polar surface area (TPSA) is 103 Å². The molecule has 0 radical (unpaired) electrons. The van der Waals surface area contributed by atoms with Crippen molar-refractivity contribution in [3.63, 3.8) is 0 Å². The second-order valence-corrected chi connectivity index (χ2v) is 3.18. The molecule has 1 rings (SSSR count). The fourth-order valence-corrected chi connectivity index (χ4v) is 1.05. The number of carbonyl (C=O) groups is 2. The van der Waals surface area contributed by atoms with Gasteiger partial charge in [-0.15, -0.1) is 0 Å². The Bertz CT molecular complexity index is 364. The van der Waals surface area contributed by atoms with E-state index in [2.05, 4.69) is 25.7 Å². The van der Waals surface area contributed by atoms with Crippen molar-refractivity contribution in [2.45, 2.75) is 0 Å². The Hall–Kier alpha value is -1.47. The van der Waals surface area contributed by atoms with Crippen LogP contribution in [0.5, 0.6) is 0 Å². The maximum Gasteiger partial charge on any atom is 0.338 e.